The molecule has 1 aliphatic heterocycles. The van der Waals surface area contributed by atoms with Crippen molar-refractivity contribution in [2.45, 2.75) is 6.54 Å². The number of carbonyl (C=O) groups excluding carboxylic acids is 1. The maximum atomic E-state index is 13.0. The van der Waals surface area contributed by atoms with Crippen molar-refractivity contribution in [3.63, 3.8) is 0 Å². The molecule has 0 radical (unpaired) electrons. The summed E-state index contributed by atoms with van der Waals surface area (Å²) in [6.07, 6.45) is 0. The molecule has 0 aliphatic carbocycles. The zero-order chi connectivity index (χ0) is 21.1. The first-order valence-electron chi connectivity index (χ1n) is 9.53. The average Bonchev–Trinajstić information content (AvgIpc) is 2.76. The van der Waals surface area contributed by atoms with Gasteiger partial charge in [0.25, 0.3) is 5.56 Å². The predicted molar refractivity (Wildman–Crippen MR) is 122 cm³/mol. The predicted octanol–water partition coefficient (Wildman–Crippen LogP) is 3.25. The summed E-state index contributed by atoms with van der Waals surface area (Å²) >= 11 is 7.93. The second kappa shape index (κ2) is 8.97. The monoisotopic (exact) mass is 444 g/mol. The third kappa shape index (κ3) is 4.24. The zero-order valence-electron chi connectivity index (χ0n) is 16.4. The molecule has 1 aromatic heterocycles. The molecule has 0 saturated carbocycles. The van der Waals surface area contributed by atoms with Crippen LogP contribution in [0.5, 0.6) is 5.75 Å². The van der Waals surface area contributed by atoms with Crippen molar-refractivity contribution >= 4 is 51.5 Å². The molecule has 1 fully saturated rings. The van der Waals surface area contributed by atoms with Crippen LogP contribution in [-0.2, 0) is 11.3 Å². The zero-order valence-corrected chi connectivity index (χ0v) is 18.0. The fourth-order valence-electron chi connectivity index (χ4n) is 3.44. The molecule has 1 aliphatic rings. The van der Waals surface area contributed by atoms with E-state index in [2.05, 4.69) is 15.3 Å². The lowest BCUT2D eigenvalue weighted by atomic mass is 10.1. The van der Waals surface area contributed by atoms with Gasteiger partial charge < -0.3 is 15.0 Å². The maximum absolute atomic E-state index is 13.0. The van der Waals surface area contributed by atoms with Gasteiger partial charge in [-0.05, 0) is 24.3 Å². The first-order chi connectivity index (χ1) is 14.6. The van der Waals surface area contributed by atoms with Crippen molar-refractivity contribution in [3.05, 3.63) is 57.8 Å². The molecule has 2 heterocycles. The van der Waals surface area contributed by atoms with Crippen LogP contribution in [0.4, 0.5) is 11.5 Å². The molecular weight excluding hydrogens is 424 g/mol. The van der Waals surface area contributed by atoms with E-state index in [1.165, 1.54) is 11.8 Å². The van der Waals surface area contributed by atoms with Gasteiger partial charge in [-0.15, -0.1) is 0 Å². The van der Waals surface area contributed by atoms with Crippen molar-refractivity contribution in [2.75, 3.05) is 41.9 Å². The van der Waals surface area contributed by atoms with Gasteiger partial charge in [-0.1, -0.05) is 29.8 Å². The SMILES string of the molecule is COc1ccc(Cl)cc1NC(=O)Cn1nc(N2CCSCC2)c2ccccc2c1=O. The van der Waals surface area contributed by atoms with Gasteiger partial charge in [0.05, 0.1) is 18.2 Å². The number of nitrogens with zero attached hydrogens (tertiary/aromatic N) is 3. The molecule has 0 spiro atoms. The normalized spacial score (nSPS) is 14.0. The van der Waals surface area contributed by atoms with E-state index in [1.807, 2.05) is 30.0 Å². The van der Waals surface area contributed by atoms with E-state index in [4.69, 9.17) is 16.3 Å². The number of amides is 1. The number of nitrogens with one attached hydrogen (secondary N) is 1. The Kier molecular flexibility index (Phi) is 6.15. The van der Waals surface area contributed by atoms with Crippen LogP contribution in [0.3, 0.4) is 0 Å². The molecule has 2 aromatic carbocycles. The Morgan fingerprint density at radius 3 is 2.67 bits per heavy atom. The van der Waals surface area contributed by atoms with Crippen LogP contribution < -0.4 is 20.5 Å². The molecule has 0 bridgehead atoms. The lowest BCUT2D eigenvalue weighted by Crippen LogP contribution is -2.37. The van der Waals surface area contributed by atoms with Gasteiger partial charge in [0, 0.05) is 35.0 Å². The number of hydrogen-bond acceptors (Lipinski definition) is 6. The van der Waals surface area contributed by atoms with Gasteiger partial charge in [0.2, 0.25) is 5.91 Å². The van der Waals surface area contributed by atoms with Crippen molar-refractivity contribution in [2.24, 2.45) is 0 Å². The Balaban J connectivity index is 1.67. The summed E-state index contributed by atoms with van der Waals surface area (Å²) in [5.41, 5.74) is 0.145. The number of methoxy groups -OCH3 is 1. The fourth-order valence-corrected chi connectivity index (χ4v) is 4.51. The Bertz CT molecular complexity index is 1140. The number of anilines is 2. The van der Waals surface area contributed by atoms with Gasteiger partial charge in [-0.25, -0.2) is 4.68 Å². The molecule has 1 N–H and O–H groups in total. The molecule has 7 nitrogen and oxygen atoms in total. The number of hydrogen-bond donors (Lipinski definition) is 1. The summed E-state index contributed by atoms with van der Waals surface area (Å²) in [7, 11) is 1.51. The number of aromatic nitrogens is 2. The van der Waals surface area contributed by atoms with Crippen LogP contribution in [0.2, 0.25) is 5.02 Å². The highest BCUT2D eigenvalue weighted by molar-refractivity contribution is 7.99. The number of halogens is 1. The summed E-state index contributed by atoms with van der Waals surface area (Å²) in [4.78, 5) is 27.9. The van der Waals surface area contributed by atoms with E-state index in [1.54, 1.807) is 24.3 Å². The third-order valence-electron chi connectivity index (χ3n) is 4.89. The topological polar surface area (TPSA) is 76.5 Å². The molecule has 1 amide bonds. The summed E-state index contributed by atoms with van der Waals surface area (Å²) in [6, 6.07) is 12.3. The van der Waals surface area contributed by atoms with Gasteiger partial charge in [0.15, 0.2) is 5.82 Å². The number of thioether (sulfide) groups is 1. The largest absolute Gasteiger partial charge is 0.495 e. The van der Waals surface area contributed by atoms with Crippen LogP contribution in [-0.4, -0.2) is 47.4 Å². The summed E-state index contributed by atoms with van der Waals surface area (Å²) < 4.78 is 6.49. The lowest BCUT2D eigenvalue weighted by Gasteiger charge is -2.28. The van der Waals surface area contributed by atoms with Gasteiger partial charge in [-0.2, -0.15) is 16.9 Å². The summed E-state index contributed by atoms with van der Waals surface area (Å²) in [5, 5.41) is 9.16. The Labute approximate surface area is 183 Å². The summed E-state index contributed by atoms with van der Waals surface area (Å²) in [6.45, 7) is 1.49. The number of benzene rings is 2. The third-order valence-corrected chi connectivity index (χ3v) is 6.07. The molecule has 9 heteroatoms. The number of rotatable bonds is 5. The maximum Gasteiger partial charge on any atom is 0.275 e. The van der Waals surface area contributed by atoms with E-state index >= 15 is 0 Å². The molecule has 30 heavy (non-hydrogen) atoms. The van der Waals surface area contributed by atoms with Crippen molar-refractivity contribution < 1.29 is 9.53 Å². The highest BCUT2D eigenvalue weighted by Crippen LogP contribution is 2.28. The minimum absolute atomic E-state index is 0.213. The Morgan fingerprint density at radius 1 is 1.20 bits per heavy atom. The van der Waals surface area contributed by atoms with Crippen LogP contribution in [0.1, 0.15) is 0 Å². The number of fused-ring (bicyclic) bond motifs is 1. The van der Waals surface area contributed by atoms with E-state index in [9.17, 15) is 9.59 Å². The smallest absolute Gasteiger partial charge is 0.275 e. The standard InChI is InChI=1S/C21H21ClN4O3S/c1-29-18-7-6-14(22)12-17(18)23-19(27)13-26-21(28)16-5-3-2-4-15(16)20(24-26)25-8-10-30-11-9-25/h2-7,12H,8-11,13H2,1H3,(H,23,27). The molecular formula is C21H21ClN4O3S. The van der Waals surface area contributed by atoms with E-state index < -0.39 is 0 Å². The number of ether oxygens (including phenoxy) is 1. The lowest BCUT2D eigenvalue weighted by molar-refractivity contribution is -0.117. The van der Waals surface area contributed by atoms with Crippen LogP contribution in [0.25, 0.3) is 10.8 Å². The first kappa shape index (κ1) is 20.6. The van der Waals surface area contributed by atoms with Crippen molar-refractivity contribution in [1.29, 1.82) is 0 Å². The minimum Gasteiger partial charge on any atom is -0.495 e. The average molecular weight is 445 g/mol. The Morgan fingerprint density at radius 2 is 1.93 bits per heavy atom. The fraction of sp³-hybridized carbons (Fsp3) is 0.286. The van der Waals surface area contributed by atoms with Gasteiger partial charge >= 0.3 is 0 Å². The highest BCUT2D eigenvalue weighted by Gasteiger charge is 2.19. The van der Waals surface area contributed by atoms with E-state index in [0.717, 1.165) is 35.8 Å². The first-order valence-corrected chi connectivity index (χ1v) is 11.1. The molecule has 1 saturated heterocycles. The van der Waals surface area contributed by atoms with Crippen molar-refractivity contribution in [3.8, 4) is 5.75 Å². The van der Waals surface area contributed by atoms with Gasteiger partial charge in [-0.3, -0.25) is 9.59 Å². The van der Waals surface area contributed by atoms with Gasteiger partial charge in [0.1, 0.15) is 12.3 Å². The Hall–Kier alpha value is -2.71. The van der Waals surface area contributed by atoms with E-state index in [0.29, 0.717) is 21.8 Å². The number of carbonyl (C=O) groups is 1. The highest BCUT2D eigenvalue weighted by atomic mass is 35.5. The summed E-state index contributed by atoms with van der Waals surface area (Å²) in [5.74, 6) is 2.84. The molecule has 0 unspecified atom stereocenters. The molecule has 156 valence electrons. The second-order valence-electron chi connectivity index (χ2n) is 6.82. The minimum atomic E-state index is -0.388. The molecule has 0 atom stereocenters. The van der Waals surface area contributed by atoms with Crippen molar-refractivity contribution in [1.82, 2.24) is 9.78 Å². The van der Waals surface area contributed by atoms with E-state index in [-0.39, 0.29) is 18.0 Å². The quantitative estimate of drug-likeness (QED) is 0.651. The second-order valence-corrected chi connectivity index (χ2v) is 8.49. The van der Waals surface area contributed by atoms with Crippen LogP contribution >= 0.6 is 23.4 Å². The molecule has 3 aromatic rings. The van der Waals surface area contributed by atoms with Crippen LogP contribution in [0, 0.1) is 0 Å². The van der Waals surface area contributed by atoms with Crippen LogP contribution in [0.15, 0.2) is 47.3 Å². The molecule has 4 rings (SSSR count).